The van der Waals surface area contributed by atoms with Gasteiger partial charge in [0.25, 0.3) is 0 Å². The third kappa shape index (κ3) is 30.0. The molecule has 45 heavy (non-hydrogen) atoms. The second-order valence-corrected chi connectivity index (χ2v) is 13.4. The molecule has 6 heteroatoms. The maximum absolute atomic E-state index is 12.9. The monoisotopic (exact) mass is 640 g/mol. The predicted molar refractivity (Wildman–Crippen MR) is 191 cm³/mol. The fourth-order valence-corrected chi connectivity index (χ4v) is 5.97. The first-order valence-corrected chi connectivity index (χ1v) is 19.6. The zero-order valence-corrected chi connectivity index (χ0v) is 30.9. The quantitative estimate of drug-likeness (QED) is 0.0508. The Labute approximate surface area is 280 Å². The summed E-state index contributed by atoms with van der Waals surface area (Å²) in [6, 6.07) is 0. The Kier molecular flexibility index (Phi) is 33.3. The molecule has 2 atom stereocenters. The van der Waals surface area contributed by atoms with E-state index >= 15 is 0 Å². The van der Waals surface area contributed by atoms with Gasteiger partial charge in [-0.25, -0.2) is 0 Å². The molecule has 0 saturated carbocycles. The van der Waals surface area contributed by atoms with Crippen molar-refractivity contribution in [2.75, 3.05) is 33.4 Å². The number of hydrogen-bond acceptors (Lipinski definition) is 6. The van der Waals surface area contributed by atoms with E-state index in [0.717, 1.165) is 57.9 Å². The minimum atomic E-state index is -0.139. The summed E-state index contributed by atoms with van der Waals surface area (Å²) in [5.41, 5.74) is 0. The molecule has 0 aliphatic heterocycles. The lowest BCUT2D eigenvalue weighted by Gasteiger charge is -2.30. The topological polar surface area (TPSA) is 65.1 Å². The first-order chi connectivity index (χ1) is 22.0. The maximum Gasteiger partial charge on any atom is 0.306 e. The smallest absolute Gasteiger partial charge is 0.306 e. The largest absolute Gasteiger partial charge is 0.461 e. The van der Waals surface area contributed by atoms with Crippen LogP contribution < -0.4 is 0 Å². The van der Waals surface area contributed by atoms with E-state index in [1.54, 1.807) is 7.11 Å². The van der Waals surface area contributed by atoms with Crippen LogP contribution in [0.3, 0.4) is 0 Å². The van der Waals surface area contributed by atoms with E-state index in [-0.39, 0.29) is 24.1 Å². The Hall–Kier alpha value is -1.14. The van der Waals surface area contributed by atoms with Crippen molar-refractivity contribution in [3.8, 4) is 0 Å². The molecule has 0 saturated heterocycles. The maximum atomic E-state index is 12.9. The van der Waals surface area contributed by atoms with Crippen LogP contribution in [-0.4, -0.2) is 62.4 Å². The summed E-state index contributed by atoms with van der Waals surface area (Å²) in [5, 5.41) is 0. The Bertz CT molecular complexity index is 593. The molecule has 0 aromatic carbocycles. The van der Waals surface area contributed by atoms with E-state index in [9.17, 15) is 9.59 Å². The third-order valence-electron chi connectivity index (χ3n) is 8.86. The average molecular weight is 640 g/mol. The van der Waals surface area contributed by atoms with Crippen LogP contribution in [0.25, 0.3) is 0 Å². The first-order valence-electron chi connectivity index (χ1n) is 19.6. The van der Waals surface area contributed by atoms with Gasteiger partial charge >= 0.3 is 11.9 Å². The van der Waals surface area contributed by atoms with E-state index in [4.69, 9.17) is 14.2 Å². The van der Waals surface area contributed by atoms with Crippen molar-refractivity contribution in [2.45, 2.75) is 207 Å². The van der Waals surface area contributed by atoms with Crippen LogP contribution in [0.15, 0.2) is 0 Å². The lowest BCUT2D eigenvalue weighted by molar-refractivity contribution is -0.152. The minimum Gasteiger partial charge on any atom is -0.461 e. The highest BCUT2D eigenvalue weighted by Crippen LogP contribution is 2.17. The van der Waals surface area contributed by atoms with Gasteiger partial charge in [-0.2, -0.15) is 0 Å². The van der Waals surface area contributed by atoms with Crippen molar-refractivity contribution in [3.05, 3.63) is 0 Å². The van der Waals surface area contributed by atoms with E-state index in [0.29, 0.717) is 32.5 Å². The van der Waals surface area contributed by atoms with Gasteiger partial charge in [0.2, 0.25) is 0 Å². The van der Waals surface area contributed by atoms with Crippen molar-refractivity contribution < 1.29 is 23.8 Å². The fraction of sp³-hybridized carbons (Fsp3) is 0.949. The van der Waals surface area contributed by atoms with E-state index < -0.39 is 0 Å². The zero-order valence-electron chi connectivity index (χ0n) is 30.9. The van der Waals surface area contributed by atoms with Crippen LogP contribution in [0.2, 0.25) is 0 Å². The summed E-state index contributed by atoms with van der Waals surface area (Å²) < 4.78 is 17.8. The SMILES string of the molecule is CCCCCCCCC(CN(CCOC)CC(CCCCCCCC)OC(=O)CCCCCCC)OC(=O)CCCCCCC. The van der Waals surface area contributed by atoms with Crippen molar-refractivity contribution in [1.82, 2.24) is 4.90 Å². The van der Waals surface area contributed by atoms with Crippen LogP contribution in [0.1, 0.15) is 195 Å². The number of nitrogens with zero attached hydrogens (tertiary/aromatic N) is 1. The summed E-state index contributed by atoms with van der Waals surface area (Å²) in [7, 11) is 1.73. The van der Waals surface area contributed by atoms with Gasteiger partial charge in [0, 0.05) is 39.6 Å². The molecule has 0 aliphatic carbocycles. The summed E-state index contributed by atoms with van der Waals surface area (Å²) in [5.74, 6) is -0.125. The summed E-state index contributed by atoms with van der Waals surface area (Å²) in [4.78, 5) is 28.1. The number of methoxy groups -OCH3 is 1. The number of ether oxygens (including phenoxy) is 3. The second kappa shape index (κ2) is 34.2. The van der Waals surface area contributed by atoms with Crippen LogP contribution in [0.4, 0.5) is 0 Å². The summed E-state index contributed by atoms with van der Waals surface area (Å²) in [6.45, 7) is 11.6. The Morgan fingerprint density at radius 1 is 0.489 bits per heavy atom. The van der Waals surface area contributed by atoms with Crippen LogP contribution >= 0.6 is 0 Å². The molecule has 0 N–H and O–H groups in total. The Morgan fingerprint density at radius 2 is 0.822 bits per heavy atom. The van der Waals surface area contributed by atoms with E-state index in [1.165, 1.54) is 103 Å². The van der Waals surface area contributed by atoms with Gasteiger partial charge in [0.05, 0.1) is 6.61 Å². The molecule has 0 radical (unpaired) electrons. The van der Waals surface area contributed by atoms with Gasteiger partial charge in [0.15, 0.2) is 0 Å². The molecule has 268 valence electrons. The average Bonchev–Trinajstić information content (AvgIpc) is 3.02. The number of esters is 2. The minimum absolute atomic E-state index is 0.0627. The molecule has 0 amide bonds. The highest BCUT2D eigenvalue weighted by Gasteiger charge is 2.23. The predicted octanol–water partition coefficient (Wildman–Crippen LogP) is 11.0. The van der Waals surface area contributed by atoms with E-state index in [1.807, 2.05) is 0 Å². The summed E-state index contributed by atoms with van der Waals surface area (Å²) in [6.07, 6.45) is 28.4. The molecule has 0 bridgehead atoms. The van der Waals surface area contributed by atoms with Gasteiger partial charge in [-0.05, 0) is 38.5 Å². The zero-order chi connectivity index (χ0) is 33.2. The molecular formula is C39H77NO5. The molecule has 0 aliphatic rings. The molecule has 0 aromatic heterocycles. The van der Waals surface area contributed by atoms with Crippen LogP contribution in [-0.2, 0) is 23.8 Å². The lowest BCUT2D eigenvalue weighted by Crippen LogP contribution is -2.42. The number of hydrogen-bond donors (Lipinski definition) is 0. The van der Waals surface area contributed by atoms with Gasteiger partial charge in [-0.15, -0.1) is 0 Å². The highest BCUT2D eigenvalue weighted by molar-refractivity contribution is 5.69. The van der Waals surface area contributed by atoms with Crippen molar-refractivity contribution >= 4 is 11.9 Å². The molecule has 0 aromatic rings. The lowest BCUT2D eigenvalue weighted by atomic mass is 10.0. The van der Waals surface area contributed by atoms with Crippen molar-refractivity contribution in [1.29, 1.82) is 0 Å². The molecule has 0 spiro atoms. The third-order valence-corrected chi connectivity index (χ3v) is 8.86. The normalized spacial score (nSPS) is 12.8. The first kappa shape index (κ1) is 43.9. The highest BCUT2D eigenvalue weighted by atomic mass is 16.5. The number of unbranched alkanes of at least 4 members (excludes halogenated alkanes) is 18. The molecule has 0 heterocycles. The fourth-order valence-electron chi connectivity index (χ4n) is 5.97. The second-order valence-electron chi connectivity index (χ2n) is 13.4. The van der Waals surface area contributed by atoms with Crippen molar-refractivity contribution in [3.63, 3.8) is 0 Å². The molecule has 6 nitrogen and oxygen atoms in total. The molecule has 0 fully saturated rings. The molecular weight excluding hydrogens is 562 g/mol. The van der Waals surface area contributed by atoms with Crippen LogP contribution in [0.5, 0.6) is 0 Å². The summed E-state index contributed by atoms with van der Waals surface area (Å²) >= 11 is 0. The molecule has 0 rings (SSSR count). The number of rotatable bonds is 35. The number of carbonyl (C=O) groups is 2. The Morgan fingerprint density at radius 3 is 1.18 bits per heavy atom. The Balaban J connectivity index is 5.37. The van der Waals surface area contributed by atoms with Gasteiger partial charge in [0.1, 0.15) is 12.2 Å². The van der Waals surface area contributed by atoms with Gasteiger partial charge in [-0.3, -0.25) is 14.5 Å². The molecule has 2 unspecified atom stereocenters. The van der Waals surface area contributed by atoms with Crippen molar-refractivity contribution in [2.24, 2.45) is 0 Å². The van der Waals surface area contributed by atoms with Crippen LogP contribution in [0, 0.1) is 0 Å². The standard InChI is InChI=1S/C39H77NO5/c1-6-10-14-18-22-24-28-36(44-38(41)30-26-20-16-12-8-3)34-40(32-33-43-5)35-37(29-25-23-19-15-11-7-2)45-39(42)31-27-21-17-13-9-4/h36-37H,6-35H2,1-5H3. The van der Waals surface area contributed by atoms with E-state index in [2.05, 4.69) is 32.6 Å². The number of carbonyl (C=O) groups excluding carboxylic acids is 2. The van der Waals surface area contributed by atoms with Gasteiger partial charge < -0.3 is 14.2 Å². The van der Waals surface area contributed by atoms with Gasteiger partial charge in [-0.1, -0.05) is 143 Å².